The number of rotatable bonds is 6. The van der Waals surface area contributed by atoms with Crippen LogP contribution < -0.4 is 11.1 Å². The summed E-state index contributed by atoms with van der Waals surface area (Å²) in [5.74, 6) is -0.453. The zero-order chi connectivity index (χ0) is 21.6. The molecule has 0 aliphatic heterocycles. The van der Waals surface area contributed by atoms with Gasteiger partial charge in [0.05, 0.1) is 24.4 Å². The number of benzene rings is 1. The van der Waals surface area contributed by atoms with E-state index in [2.05, 4.69) is 16.9 Å². The van der Waals surface area contributed by atoms with Crippen LogP contribution in [0.4, 0.5) is 10.5 Å². The topological polar surface area (TPSA) is 104 Å². The lowest BCUT2D eigenvalue weighted by Gasteiger charge is -2.23. The molecule has 3 N–H and O–H groups in total. The molecule has 0 bridgehead atoms. The number of aromatic nitrogens is 1. The van der Waals surface area contributed by atoms with Gasteiger partial charge in [-0.25, -0.2) is 9.59 Å². The highest BCUT2D eigenvalue weighted by Crippen LogP contribution is 2.29. The Balaban J connectivity index is 2.31. The van der Waals surface area contributed by atoms with Crippen LogP contribution >= 0.6 is 0 Å². The number of nitrogens with zero attached hydrogens (tertiary/aromatic N) is 1. The van der Waals surface area contributed by atoms with Crippen molar-refractivity contribution < 1.29 is 19.1 Å². The highest BCUT2D eigenvalue weighted by atomic mass is 16.6. The Bertz CT molecular complexity index is 903. The quantitative estimate of drug-likeness (QED) is 0.429. The van der Waals surface area contributed by atoms with Crippen molar-refractivity contribution in [2.45, 2.75) is 38.8 Å². The normalized spacial score (nSPS) is 12.0. The number of carbonyl (C=O) groups is 2. The van der Waals surface area contributed by atoms with E-state index in [1.165, 1.54) is 7.11 Å². The Morgan fingerprint density at radius 2 is 2.00 bits per heavy atom. The van der Waals surface area contributed by atoms with Crippen molar-refractivity contribution in [3.05, 3.63) is 60.4 Å². The zero-order valence-electron chi connectivity index (χ0n) is 17.2. The summed E-state index contributed by atoms with van der Waals surface area (Å²) in [6.07, 6.45) is 3.30. The van der Waals surface area contributed by atoms with Crippen molar-refractivity contribution in [2.75, 3.05) is 12.8 Å². The van der Waals surface area contributed by atoms with Crippen molar-refractivity contribution in [3.8, 4) is 11.1 Å². The third-order valence-corrected chi connectivity index (χ3v) is 4.02. The molecule has 0 saturated carbocycles. The second kappa shape index (κ2) is 9.23. The molecule has 0 aliphatic carbocycles. The summed E-state index contributed by atoms with van der Waals surface area (Å²) < 4.78 is 10.1. The third-order valence-electron chi connectivity index (χ3n) is 4.02. The van der Waals surface area contributed by atoms with Crippen LogP contribution in [0.1, 0.15) is 49.3 Å². The van der Waals surface area contributed by atoms with Gasteiger partial charge in [-0.05, 0) is 57.0 Å². The van der Waals surface area contributed by atoms with Crippen molar-refractivity contribution in [3.63, 3.8) is 0 Å². The lowest BCUT2D eigenvalue weighted by Crippen LogP contribution is -2.35. The van der Waals surface area contributed by atoms with Crippen molar-refractivity contribution in [1.29, 1.82) is 0 Å². The van der Waals surface area contributed by atoms with Crippen molar-refractivity contribution in [1.82, 2.24) is 10.3 Å². The molecule has 1 aromatic heterocycles. The number of amides is 1. The van der Waals surface area contributed by atoms with E-state index in [0.717, 1.165) is 11.1 Å². The molecule has 154 valence electrons. The first kappa shape index (κ1) is 21.9. The summed E-state index contributed by atoms with van der Waals surface area (Å²) in [5, 5.41) is 2.83. The molecule has 1 heterocycles. The van der Waals surface area contributed by atoms with Gasteiger partial charge in [-0.3, -0.25) is 4.98 Å². The number of nitrogen functional groups attached to an aromatic ring is 1. The molecule has 1 atom stereocenters. The molecule has 2 aromatic rings. The van der Waals surface area contributed by atoms with Gasteiger partial charge in [0.1, 0.15) is 5.60 Å². The lowest BCUT2D eigenvalue weighted by molar-refractivity contribution is 0.0502. The van der Waals surface area contributed by atoms with Crippen LogP contribution in [-0.2, 0) is 9.47 Å². The number of nitrogens with two attached hydrogens (primary N) is 1. The Labute approximate surface area is 170 Å². The molecule has 0 spiro atoms. The zero-order valence-corrected chi connectivity index (χ0v) is 17.2. The summed E-state index contributed by atoms with van der Waals surface area (Å²) in [4.78, 5) is 28.3. The average Bonchev–Trinajstić information content (AvgIpc) is 2.65. The molecular formula is C22H27N3O4. The smallest absolute Gasteiger partial charge is 0.408 e. The second-order valence-electron chi connectivity index (χ2n) is 7.49. The predicted molar refractivity (Wildman–Crippen MR) is 112 cm³/mol. The fourth-order valence-corrected chi connectivity index (χ4v) is 2.75. The maximum Gasteiger partial charge on any atom is 0.408 e. The molecule has 0 aliphatic rings. The van der Waals surface area contributed by atoms with E-state index in [0.29, 0.717) is 23.4 Å². The first-order valence-corrected chi connectivity index (χ1v) is 9.19. The first-order chi connectivity index (χ1) is 13.6. The minimum absolute atomic E-state index is 0.374. The molecule has 0 saturated heterocycles. The largest absolute Gasteiger partial charge is 0.465 e. The van der Waals surface area contributed by atoms with Gasteiger partial charge in [-0.15, -0.1) is 6.58 Å². The number of nitrogens with one attached hydrogen (secondary N) is 1. The standard InChI is InChI=1S/C22H27N3O4/c1-6-7-18(25-21(27)29-22(2,3)4)19-13-14(10-11-24-19)16-9-8-15(12-17(16)23)20(26)28-5/h6,8-13,18H,1,7,23H2,2-5H3,(H,25,27). The van der Waals surface area contributed by atoms with Gasteiger partial charge >= 0.3 is 12.1 Å². The number of ether oxygens (including phenoxy) is 2. The molecule has 1 unspecified atom stereocenters. The van der Waals surface area contributed by atoms with E-state index < -0.39 is 23.7 Å². The first-order valence-electron chi connectivity index (χ1n) is 9.19. The summed E-state index contributed by atoms with van der Waals surface area (Å²) in [5.41, 5.74) is 8.55. The number of hydrogen-bond acceptors (Lipinski definition) is 6. The van der Waals surface area contributed by atoms with Crippen LogP contribution in [0.3, 0.4) is 0 Å². The Morgan fingerprint density at radius 3 is 2.59 bits per heavy atom. The lowest BCUT2D eigenvalue weighted by atomic mass is 10.00. The van der Waals surface area contributed by atoms with Gasteiger partial charge in [0.2, 0.25) is 0 Å². The predicted octanol–water partition coefficient (Wildman–Crippen LogP) is 4.26. The van der Waals surface area contributed by atoms with E-state index in [1.54, 1.807) is 51.2 Å². The van der Waals surface area contributed by atoms with Crippen LogP contribution in [0.5, 0.6) is 0 Å². The Kier molecular flexibility index (Phi) is 6.98. The van der Waals surface area contributed by atoms with Gasteiger partial charge in [0, 0.05) is 17.4 Å². The summed E-state index contributed by atoms with van der Waals surface area (Å²) >= 11 is 0. The highest BCUT2D eigenvalue weighted by molar-refractivity contribution is 5.92. The van der Waals surface area contributed by atoms with Gasteiger partial charge in [0.15, 0.2) is 0 Å². The molecule has 0 radical (unpaired) electrons. The number of carbonyl (C=O) groups excluding carboxylic acids is 2. The molecular weight excluding hydrogens is 370 g/mol. The molecule has 2 rings (SSSR count). The molecule has 0 fully saturated rings. The molecule has 1 amide bonds. The van der Waals surface area contributed by atoms with E-state index in [1.807, 2.05) is 12.1 Å². The minimum Gasteiger partial charge on any atom is -0.465 e. The second-order valence-corrected chi connectivity index (χ2v) is 7.49. The summed E-state index contributed by atoms with van der Waals surface area (Å²) in [6.45, 7) is 9.15. The number of pyridine rings is 1. The van der Waals surface area contributed by atoms with Crippen molar-refractivity contribution in [2.24, 2.45) is 0 Å². The van der Waals surface area contributed by atoms with Crippen LogP contribution in [0, 0.1) is 0 Å². The maximum absolute atomic E-state index is 12.2. The number of methoxy groups -OCH3 is 1. The molecule has 7 nitrogen and oxygen atoms in total. The molecule has 1 aromatic carbocycles. The summed E-state index contributed by atoms with van der Waals surface area (Å²) in [7, 11) is 1.32. The van der Waals surface area contributed by atoms with Crippen LogP contribution in [-0.4, -0.2) is 29.8 Å². The highest BCUT2D eigenvalue weighted by Gasteiger charge is 2.21. The van der Waals surface area contributed by atoms with Crippen LogP contribution in [0.2, 0.25) is 0 Å². The van der Waals surface area contributed by atoms with Gasteiger partial charge in [-0.1, -0.05) is 12.1 Å². The minimum atomic E-state index is -0.603. The Morgan fingerprint density at radius 1 is 1.28 bits per heavy atom. The third kappa shape index (κ3) is 6.07. The van der Waals surface area contributed by atoms with Crippen molar-refractivity contribution >= 4 is 17.7 Å². The van der Waals surface area contributed by atoms with Gasteiger partial charge < -0.3 is 20.5 Å². The van der Waals surface area contributed by atoms with Crippen LogP contribution in [0.25, 0.3) is 11.1 Å². The number of anilines is 1. The van der Waals surface area contributed by atoms with E-state index in [9.17, 15) is 9.59 Å². The number of esters is 1. The van der Waals surface area contributed by atoms with Crippen LogP contribution in [0.15, 0.2) is 49.2 Å². The fraction of sp³-hybridized carbons (Fsp3) is 0.318. The van der Waals surface area contributed by atoms with E-state index in [4.69, 9.17) is 15.2 Å². The number of alkyl carbamates (subject to hydrolysis) is 1. The summed E-state index contributed by atoms with van der Waals surface area (Å²) in [6, 6.07) is 8.22. The van der Waals surface area contributed by atoms with Gasteiger partial charge in [0.25, 0.3) is 0 Å². The van der Waals surface area contributed by atoms with Gasteiger partial charge in [-0.2, -0.15) is 0 Å². The maximum atomic E-state index is 12.2. The van der Waals surface area contributed by atoms with E-state index in [-0.39, 0.29) is 0 Å². The Hall–Kier alpha value is -3.35. The SMILES string of the molecule is C=CCC(NC(=O)OC(C)(C)C)c1cc(-c2ccc(C(=O)OC)cc2N)ccn1. The average molecular weight is 397 g/mol. The monoisotopic (exact) mass is 397 g/mol. The molecule has 29 heavy (non-hydrogen) atoms. The molecule has 7 heteroatoms. The van der Waals surface area contributed by atoms with E-state index >= 15 is 0 Å². The fourth-order valence-electron chi connectivity index (χ4n) is 2.75. The number of hydrogen-bond donors (Lipinski definition) is 2.